The van der Waals surface area contributed by atoms with E-state index in [4.69, 9.17) is 0 Å². The summed E-state index contributed by atoms with van der Waals surface area (Å²) >= 11 is 0. The second-order valence-corrected chi connectivity index (χ2v) is 13.7. The highest BCUT2D eigenvalue weighted by molar-refractivity contribution is 6.16. The highest BCUT2D eigenvalue weighted by Gasteiger charge is 2.21. The van der Waals surface area contributed by atoms with Crippen molar-refractivity contribution in [2.75, 3.05) is 4.90 Å². The van der Waals surface area contributed by atoms with E-state index in [1.54, 1.807) is 0 Å². The molecule has 2 nitrogen and oxygen atoms in total. The molecule has 0 aliphatic rings. The van der Waals surface area contributed by atoms with Crippen molar-refractivity contribution >= 4 is 49.6 Å². The summed E-state index contributed by atoms with van der Waals surface area (Å²) < 4.78 is 2.42. The number of rotatable bonds is 7. The van der Waals surface area contributed by atoms with Gasteiger partial charge in [-0.3, -0.25) is 0 Å². The lowest BCUT2D eigenvalue weighted by Crippen LogP contribution is -2.11. The van der Waals surface area contributed by atoms with Crippen molar-refractivity contribution in [3.05, 3.63) is 218 Å². The van der Waals surface area contributed by atoms with Crippen LogP contribution in [0, 0.1) is 0 Å². The van der Waals surface area contributed by atoms with Crippen LogP contribution in [0.25, 0.3) is 71.6 Å². The van der Waals surface area contributed by atoms with Crippen LogP contribution in [0.3, 0.4) is 0 Å². The van der Waals surface area contributed by atoms with Gasteiger partial charge >= 0.3 is 0 Å². The molecular weight excluding hydrogens is 653 g/mol. The minimum absolute atomic E-state index is 1.09. The van der Waals surface area contributed by atoms with E-state index in [0.717, 1.165) is 28.3 Å². The second kappa shape index (κ2) is 13.4. The first kappa shape index (κ1) is 31.6. The number of anilines is 3. The predicted molar refractivity (Wildman–Crippen MR) is 229 cm³/mol. The summed E-state index contributed by atoms with van der Waals surface area (Å²) in [5, 5.41) is 4.98. The maximum absolute atomic E-state index is 2.42. The van der Waals surface area contributed by atoms with Crippen molar-refractivity contribution in [3.63, 3.8) is 0 Å². The van der Waals surface area contributed by atoms with Crippen LogP contribution in [-0.4, -0.2) is 4.57 Å². The van der Waals surface area contributed by atoms with Crippen LogP contribution in [0.15, 0.2) is 218 Å². The molecule has 0 aliphatic carbocycles. The van der Waals surface area contributed by atoms with Crippen molar-refractivity contribution in [1.29, 1.82) is 0 Å². The Hall–Kier alpha value is -7.16. The van der Waals surface area contributed by atoms with E-state index in [-0.39, 0.29) is 0 Å². The first-order valence-electron chi connectivity index (χ1n) is 18.5. The van der Waals surface area contributed by atoms with E-state index < -0.39 is 0 Å². The molecule has 0 amide bonds. The molecule has 0 unspecified atom stereocenters. The van der Waals surface area contributed by atoms with Crippen LogP contribution in [-0.2, 0) is 0 Å². The molecule has 0 aliphatic heterocycles. The fraction of sp³-hybridized carbons (Fsp3) is 0. The van der Waals surface area contributed by atoms with Crippen molar-refractivity contribution in [2.24, 2.45) is 0 Å². The Balaban J connectivity index is 1.22. The van der Waals surface area contributed by atoms with E-state index in [1.807, 2.05) is 0 Å². The van der Waals surface area contributed by atoms with Crippen LogP contribution < -0.4 is 4.90 Å². The molecule has 10 rings (SSSR count). The van der Waals surface area contributed by atoms with Gasteiger partial charge < -0.3 is 9.47 Å². The van der Waals surface area contributed by atoms with Crippen molar-refractivity contribution in [2.45, 2.75) is 0 Å². The van der Waals surface area contributed by atoms with Gasteiger partial charge in [-0.15, -0.1) is 0 Å². The summed E-state index contributed by atoms with van der Waals surface area (Å²) in [5.41, 5.74) is 14.0. The van der Waals surface area contributed by atoms with E-state index in [9.17, 15) is 0 Å². The van der Waals surface area contributed by atoms with Crippen LogP contribution >= 0.6 is 0 Å². The summed E-state index contributed by atoms with van der Waals surface area (Å²) in [6, 6.07) is 78.8. The van der Waals surface area contributed by atoms with Gasteiger partial charge in [0.15, 0.2) is 0 Å². The Morgan fingerprint density at radius 3 is 1.67 bits per heavy atom. The lowest BCUT2D eigenvalue weighted by Gasteiger charge is -2.28. The largest absolute Gasteiger partial charge is 0.310 e. The molecule has 0 bridgehead atoms. The summed E-state index contributed by atoms with van der Waals surface area (Å²) in [4.78, 5) is 2.42. The summed E-state index contributed by atoms with van der Waals surface area (Å²) in [6.45, 7) is 0. The lowest BCUT2D eigenvalue weighted by atomic mass is 9.97. The molecule has 0 radical (unpaired) electrons. The van der Waals surface area contributed by atoms with E-state index in [1.165, 1.54) is 60.4 Å². The second-order valence-electron chi connectivity index (χ2n) is 13.7. The fourth-order valence-corrected chi connectivity index (χ4v) is 8.13. The number of fused-ring (bicyclic) bond motifs is 4. The Kier molecular flexibility index (Phi) is 7.85. The number of hydrogen-bond donors (Lipinski definition) is 0. The zero-order valence-electron chi connectivity index (χ0n) is 29.7. The standard InChI is InChI=1S/C52H36N2/c1-4-16-38(17-5-1)46-25-12-13-28-49(46)53(42-32-30-40(31-33-42)45-26-14-21-37-20-10-11-24-44(37)45)43-34-35-48-51(36-43)54(41-22-8-3-9-23-41)50-29-15-27-47(52(48)50)39-18-6-2-7-19-39/h1-36H. The van der Waals surface area contributed by atoms with Gasteiger partial charge in [0, 0.05) is 33.4 Å². The molecule has 1 aromatic heterocycles. The van der Waals surface area contributed by atoms with E-state index in [0.29, 0.717) is 0 Å². The van der Waals surface area contributed by atoms with Crippen LogP contribution in [0.1, 0.15) is 0 Å². The van der Waals surface area contributed by atoms with Crippen LogP contribution in [0.5, 0.6) is 0 Å². The summed E-state index contributed by atoms with van der Waals surface area (Å²) in [6.07, 6.45) is 0. The zero-order chi connectivity index (χ0) is 35.8. The van der Waals surface area contributed by atoms with Gasteiger partial charge in [0.25, 0.3) is 0 Å². The number of para-hydroxylation sites is 2. The average Bonchev–Trinajstić information content (AvgIpc) is 3.59. The van der Waals surface area contributed by atoms with Gasteiger partial charge in [0.2, 0.25) is 0 Å². The van der Waals surface area contributed by atoms with Gasteiger partial charge in [0.05, 0.1) is 16.7 Å². The van der Waals surface area contributed by atoms with Crippen LogP contribution in [0.4, 0.5) is 17.1 Å². The number of benzene rings is 9. The van der Waals surface area contributed by atoms with Gasteiger partial charge in [0.1, 0.15) is 0 Å². The third-order valence-electron chi connectivity index (χ3n) is 10.6. The fourth-order valence-electron chi connectivity index (χ4n) is 8.13. The molecule has 0 N–H and O–H groups in total. The van der Waals surface area contributed by atoms with E-state index >= 15 is 0 Å². The Labute approximate surface area is 315 Å². The first-order valence-corrected chi connectivity index (χ1v) is 18.5. The third kappa shape index (κ3) is 5.44. The lowest BCUT2D eigenvalue weighted by molar-refractivity contribution is 1.18. The molecule has 2 heteroatoms. The summed E-state index contributed by atoms with van der Waals surface area (Å²) in [7, 11) is 0. The van der Waals surface area contributed by atoms with E-state index in [2.05, 4.69) is 228 Å². The van der Waals surface area contributed by atoms with Crippen molar-refractivity contribution < 1.29 is 0 Å². The topological polar surface area (TPSA) is 8.17 Å². The van der Waals surface area contributed by atoms with Gasteiger partial charge in [-0.05, 0) is 87.1 Å². The molecule has 0 spiro atoms. The van der Waals surface area contributed by atoms with Gasteiger partial charge in [-0.1, -0.05) is 170 Å². The minimum atomic E-state index is 1.09. The number of aromatic nitrogens is 1. The zero-order valence-corrected chi connectivity index (χ0v) is 29.7. The normalized spacial score (nSPS) is 11.3. The molecular formula is C52H36N2. The highest BCUT2D eigenvalue weighted by Crippen LogP contribution is 2.45. The monoisotopic (exact) mass is 688 g/mol. The van der Waals surface area contributed by atoms with Crippen LogP contribution in [0.2, 0.25) is 0 Å². The molecule has 1 heterocycles. The molecule has 54 heavy (non-hydrogen) atoms. The molecule has 9 aromatic carbocycles. The number of nitrogens with zero attached hydrogens (tertiary/aromatic N) is 2. The quantitative estimate of drug-likeness (QED) is 0.162. The maximum atomic E-state index is 2.42. The third-order valence-corrected chi connectivity index (χ3v) is 10.6. The molecule has 10 aromatic rings. The predicted octanol–water partition coefficient (Wildman–Crippen LogP) is 14.4. The Bertz CT molecular complexity index is 2900. The Morgan fingerprint density at radius 2 is 0.889 bits per heavy atom. The molecule has 254 valence electrons. The Morgan fingerprint density at radius 1 is 0.333 bits per heavy atom. The minimum Gasteiger partial charge on any atom is -0.310 e. The summed E-state index contributed by atoms with van der Waals surface area (Å²) in [5.74, 6) is 0. The van der Waals surface area contributed by atoms with Gasteiger partial charge in [-0.25, -0.2) is 0 Å². The SMILES string of the molecule is c1ccc(-c2ccccc2N(c2ccc(-c3cccc4ccccc34)cc2)c2ccc3c4c(-c5ccccc5)cccc4n(-c4ccccc4)c3c2)cc1. The molecule has 0 fully saturated rings. The smallest absolute Gasteiger partial charge is 0.0562 e. The van der Waals surface area contributed by atoms with Gasteiger partial charge in [-0.2, -0.15) is 0 Å². The molecule has 0 saturated carbocycles. The highest BCUT2D eigenvalue weighted by atomic mass is 15.1. The maximum Gasteiger partial charge on any atom is 0.0562 e. The molecule has 0 saturated heterocycles. The van der Waals surface area contributed by atoms with Crippen molar-refractivity contribution in [3.8, 4) is 39.1 Å². The van der Waals surface area contributed by atoms with Crippen molar-refractivity contribution in [1.82, 2.24) is 4.57 Å². The molecule has 0 atom stereocenters. The first-order chi connectivity index (χ1) is 26.8. The number of hydrogen-bond acceptors (Lipinski definition) is 1. The average molecular weight is 689 g/mol.